The van der Waals surface area contributed by atoms with Crippen LogP contribution in [0.25, 0.3) is 5.69 Å². The van der Waals surface area contributed by atoms with Crippen LogP contribution in [0.1, 0.15) is 34.7 Å². The number of hydrogen-bond donors (Lipinski definition) is 0. The fraction of sp³-hybridized carbons (Fsp3) is 0.286. The van der Waals surface area contributed by atoms with Gasteiger partial charge in [0.2, 0.25) is 5.69 Å². The van der Waals surface area contributed by atoms with Crippen LogP contribution in [0, 0.1) is 25.2 Å². The number of anilines is 1. The summed E-state index contributed by atoms with van der Waals surface area (Å²) in [5.41, 5.74) is 4.93. The van der Waals surface area contributed by atoms with Crippen molar-refractivity contribution in [3.63, 3.8) is 0 Å². The SMILES string of the molecule is Cc1cc(C)cc(-n2nc(C#N)c(N3CCC(c4ccccc4)C3)n2)c1. The summed E-state index contributed by atoms with van der Waals surface area (Å²) in [7, 11) is 0. The largest absolute Gasteiger partial charge is 0.352 e. The zero-order valence-electron chi connectivity index (χ0n) is 15.1. The number of nitrogens with zero attached hydrogens (tertiary/aromatic N) is 5. The van der Waals surface area contributed by atoms with Crippen molar-refractivity contribution in [3.05, 3.63) is 70.9 Å². The number of aryl methyl sites for hydroxylation is 2. The van der Waals surface area contributed by atoms with E-state index in [1.54, 1.807) is 4.80 Å². The molecular formula is C21H21N5. The van der Waals surface area contributed by atoms with Gasteiger partial charge in [0.1, 0.15) is 6.07 Å². The molecule has 0 amide bonds. The zero-order chi connectivity index (χ0) is 18.1. The maximum Gasteiger partial charge on any atom is 0.207 e. The average Bonchev–Trinajstić information content (AvgIpc) is 3.28. The molecule has 0 radical (unpaired) electrons. The Labute approximate surface area is 153 Å². The summed E-state index contributed by atoms with van der Waals surface area (Å²) in [6, 6.07) is 18.9. The Kier molecular flexibility index (Phi) is 4.18. The van der Waals surface area contributed by atoms with Crippen molar-refractivity contribution in [2.24, 2.45) is 0 Å². The molecule has 2 aromatic carbocycles. The highest BCUT2D eigenvalue weighted by Crippen LogP contribution is 2.31. The third-order valence-electron chi connectivity index (χ3n) is 4.90. The Morgan fingerprint density at radius 3 is 2.46 bits per heavy atom. The molecule has 1 aromatic heterocycles. The van der Waals surface area contributed by atoms with E-state index in [1.165, 1.54) is 5.56 Å². The van der Waals surface area contributed by atoms with Gasteiger partial charge in [-0.05, 0) is 49.1 Å². The van der Waals surface area contributed by atoms with Crippen molar-refractivity contribution in [2.45, 2.75) is 26.2 Å². The lowest BCUT2D eigenvalue weighted by Gasteiger charge is -2.15. The van der Waals surface area contributed by atoms with E-state index in [0.29, 0.717) is 17.4 Å². The molecule has 130 valence electrons. The normalized spacial score (nSPS) is 16.7. The lowest BCUT2D eigenvalue weighted by molar-refractivity contribution is 0.740. The van der Waals surface area contributed by atoms with Gasteiger partial charge in [-0.25, -0.2) is 0 Å². The van der Waals surface area contributed by atoms with Gasteiger partial charge in [0.25, 0.3) is 0 Å². The second-order valence-corrected chi connectivity index (χ2v) is 6.96. The number of hydrogen-bond acceptors (Lipinski definition) is 4. The van der Waals surface area contributed by atoms with Crippen LogP contribution < -0.4 is 4.90 Å². The fourth-order valence-corrected chi connectivity index (χ4v) is 3.72. The summed E-state index contributed by atoms with van der Waals surface area (Å²) >= 11 is 0. The molecule has 1 aliphatic rings. The van der Waals surface area contributed by atoms with Crippen molar-refractivity contribution in [2.75, 3.05) is 18.0 Å². The smallest absolute Gasteiger partial charge is 0.207 e. The molecule has 2 heterocycles. The van der Waals surface area contributed by atoms with Crippen LogP contribution in [0.4, 0.5) is 5.82 Å². The Hall–Kier alpha value is -3.13. The van der Waals surface area contributed by atoms with E-state index in [1.807, 2.05) is 18.2 Å². The zero-order valence-corrected chi connectivity index (χ0v) is 15.1. The number of benzene rings is 2. The standard InChI is InChI=1S/C21H21N5/c1-15-10-16(2)12-19(11-15)26-23-20(13-22)21(24-26)25-9-8-18(14-25)17-6-4-3-5-7-17/h3-7,10-12,18H,8-9,14H2,1-2H3. The highest BCUT2D eigenvalue weighted by Gasteiger charge is 2.28. The summed E-state index contributed by atoms with van der Waals surface area (Å²) in [6.07, 6.45) is 1.06. The highest BCUT2D eigenvalue weighted by atomic mass is 15.5. The molecule has 5 heteroatoms. The van der Waals surface area contributed by atoms with Gasteiger partial charge in [-0.2, -0.15) is 5.26 Å². The Morgan fingerprint density at radius 2 is 1.77 bits per heavy atom. The first-order valence-electron chi connectivity index (χ1n) is 8.90. The molecule has 0 aliphatic carbocycles. The molecular weight excluding hydrogens is 322 g/mol. The van der Waals surface area contributed by atoms with Crippen molar-refractivity contribution < 1.29 is 0 Å². The molecule has 1 aliphatic heterocycles. The molecule has 0 spiro atoms. The second kappa shape index (κ2) is 6.64. The summed E-state index contributed by atoms with van der Waals surface area (Å²) in [4.78, 5) is 3.77. The molecule has 1 unspecified atom stereocenters. The van der Waals surface area contributed by atoms with Gasteiger partial charge in [-0.15, -0.1) is 15.0 Å². The minimum atomic E-state index is 0.387. The van der Waals surface area contributed by atoms with Gasteiger partial charge in [0, 0.05) is 19.0 Å². The van der Waals surface area contributed by atoms with Crippen LogP contribution in [-0.2, 0) is 0 Å². The number of aromatic nitrogens is 3. The molecule has 0 N–H and O–H groups in total. The van der Waals surface area contributed by atoms with E-state index in [9.17, 15) is 5.26 Å². The first kappa shape index (κ1) is 16.3. The maximum absolute atomic E-state index is 9.54. The van der Waals surface area contributed by atoms with Crippen molar-refractivity contribution in [1.82, 2.24) is 15.0 Å². The van der Waals surface area contributed by atoms with E-state index < -0.39 is 0 Å². The van der Waals surface area contributed by atoms with E-state index in [-0.39, 0.29) is 0 Å². The molecule has 0 bridgehead atoms. The third kappa shape index (κ3) is 3.06. The van der Waals surface area contributed by atoms with Crippen LogP contribution in [0.2, 0.25) is 0 Å². The van der Waals surface area contributed by atoms with Crippen molar-refractivity contribution in [1.29, 1.82) is 5.26 Å². The maximum atomic E-state index is 9.54. The molecule has 1 atom stereocenters. The topological polar surface area (TPSA) is 57.7 Å². The van der Waals surface area contributed by atoms with E-state index in [4.69, 9.17) is 0 Å². The molecule has 5 nitrogen and oxygen atoms in total. The summed E-state index contributed by atoms with van der Waals surface area (Å²) in [5.74, 6) is 1.15. The second-order valence-electron chi connectivity index (χ2n) is 6.96. The minimum absolute atomic E-state index is 0.387. The Morgan fingerprint density at radius 1 is 1.04 bits per heavy atom. The molecule has 3 aromatic rings. The minimum Gasteiger partial charge on any atom is -0.352 e. The van der Waals surface area contributed by atoms with E-state index in [0.717, 1.165) is 36.3 Å². The molecule has 0 saturated carbocycles. The van der Waals surface area contributed by atoms with Crippen LogP contribution >= 0.6 is 0 Å². The predicted octanol–water partition coefficient (Wildman–Crippen LogP) is 3.75. The first-order valence-corrected chi connectivity index (χ1v) is 8.90. The quantitative estimate of drug-likeness (QED) is 0.727. The van der Waals surface area contributed by atoms with Crippen LogP contribution in [0.5, 0.6) is 0 Å². The van der Waals surface area contributed by atoms with Crippen molar-refractivity contribution >= 4 is 5.82 Å². The molecule has 1 saturated heterocycles. The summed E-state index contributed by atoms with van der Waals surface area (Å²) in [5, 5.41) is 18.6. The molecule has 1 fully saturated rings. The Balaban J connectivity index is 1.63. The van der Waals surface area contributed by atoms with Crippen LogP contribution in [-0.4, -0.2) is 28.1 Å². The third-order valence-corrected chi connectivity index (χ3v) is 4.90. The van der Waals surface area contributed by atoms with Crippen LogP contribution in [0.15, 0.2) is 48.5 Å². The lowest BCUT2D eigenvalue weighted by atomic mass is 9.99. The lowest BCUT2D eigenvalue weighted by Crippen LogP contribution is -2.20. The van der Waals surface area contributed by atoms with Gasteiger partial charge in [0.15, 0.2) is 5.82 Å². The number of rotatable bonds is 3. The summed E-state index contributed by atoms with van der Waals surface area (Å²) in [6.45, 7) is 5.86. The predicted molar refractivity (Wildman–Crippen MR) is 102 cm³/mol. The summed E-state index contributed by atoms with van der Waals surface area (Å²) < 4.78 is 0. The molecule has 4 rings (SSSR count). The monoisotopic (exact) mass is 343 g/mol. The van der Waals surface area contributed by atoms with E-state index in [2.05, 4.69) is 65.3 Å². The van der Waals surface area contributed by atoms with Crippen LogP contribution in [0.3, 0.4) is 0 Å². The van der Waals surface area contributed by atoms with Gasteiger partial charge >= 0.3 is 0 Å². The van der Waals surface area contributed by atoms with Gasteiger partial charge in [-0.1, -0.05) is 36.4 Å². The Bertz CT molecular complexity index is 948. The van der Waals surface area contributed by atoms with Crippen molar-refractivity contribution in [3.8, 4) is 11.8 Å². The van der Waals surface area contributed by atoms with Gasteiger partial charge in [0.05, 0.1) is 5.69 Å². The fourth-order valence-electron chi connectivity index (χ4n) is 3.72. The average molecular weight is 343 g/mol. The van der Waals surface area contributed by atoms with Gasteiger partial charge in [-0.3, -0.25) is 0 Å². The highest BCUT2D eigenvalue weighted by molar-refractivity contribution is 5.52. The number of nitriles is 1. The van der Waals surface area contributed by atoms with E-state index >= 15 is 0 Å². The van der Waals surface area contributed by atoms with Gasteiger partial charge < -0.3 is 4.90 Å². The first-order chi connectivity index (χ1) is 12.6. The molecule has 26 heavy (non-hydrogen) atoms.